The Kier molecular flexibility index (Phi) is 4.17. The van der Waals surface area contributed by atoms with Crippen molar-refractivity contribution in [3.05, 3.63) is 42.0 Å². The largest absolute Gasteiger partial charge is 0.417 e. The van der Waals surface area contributed by atoms with Gasteiger partial charge in [0.25, 0.3) is 5.91 Å². The molecule has 0 radical (unpaired) electrons. The van der Waals surface area contributed by atoms with Crippen molar-refractivity contribution < 1.29 is 31.5 Å². The minimum absolute atomic E-state index is 0.133. The highest BCUT2D eigenvalue weighted by molar-refractivity contribution is 7.93. The summed E-state index contributed by atoms with van der Waals surface area (Å²) in [6.45, 7) is 0. The molecule has 0 saturated heterocycles. The van der Waals surface area contributed by atoms with Crippen LogP contribution in [0.15, 0.2) is 45.5 Å². The van der Waals surface area contributed by atoms with Crippen molar-refractivity contribution in [1.29, 1.82) is 0 Å². The van der Waals surface area contributed by atoms with Crippen molar-refractivity contribution in [3.8, 4) is 0 Å². The summed E-state index contributed by atoms with van der Waals surface area (Å²) in [5.41, 5.74) is -2.69. The van der Waals surface area contributed by atoms with Crippen molar-refractivity contribution in [2.24, 2.45) is 0 Å². The number of carbonyl (C=O) groups excluding carboxylic acids is 1. The lowest BCUT2D eigenvalue weighted by atomic mass is 10.2. The summed E-state index contributed by atoms with van der Waals surface area (Å²) in [6.07, 6.45) is -4.18. The number of anilines is 1. The monoisotopic (exact) mass is 391 g/mol. The summed E-state index contributed by atoms with van der Waals surface area (Å²) in [5, 5.41) is 12.2. The lowest BCUT2D eigenvalue weighted by molar-refractivity contribution is -0.139. The van der Waals surface area contributed by atoms with Crippen molar-refractivity contribution in [3.63, 3.8) is 0 Å². The summed E-state index contributed by atoms with van der Waals surface area (Å²) in [6, 6.07) is 6.31. The molecule has 1 aromatic heterocycles. The normalized spacial score (nSPS) is 16.5. The van der Waals surface area contributed by atoms with Gasteiger partial charge in [-0.3, -0.25) is 4.79 Å². The van der Waals surface area contributed by atoms with Gasteiger partial charge in [0.2, 0.25) is 9.84 Å². The van der Waals surface area contributed by atoms with Crippen LogP contribution in [0.4, 0.5) is 18.2 Å². The summed E-state index contributed by atoms with van der Waals surface area (Å²) in [4.78, 5) is 10.9. The maximum absolute atomic E-state index is 13.1. The third-order valence-corrected chi connectivity index (χ3v) is 7.02. The minimum atomic E-state index is -4.81. The SMILES string of the molecule is O=C(Nc1ccc(S(=O)(=O)c2ccccc2C(F)(F)F)s1)C1(O)CC1. The first-order valence-electron chi connectivity index (χ1n) is 7.09. The fourth-order valence-electron chi connectivity index (χ4n) is 2.15. The molecule has 1 aromatic carbocycles. The Bertz CT molecular complexity index is 930. The highest BCUT2D eigenvalue weighted by Crippen LogP contribution is 2.40. The maximum atomic E-state index is 13.1. The third-order valence-electron chi connectivity index (χ3n) is 3.71. The van der Waals surface area contributed by atoms with Gasteiger partial charge in [-0.05, 0) is 37.1 Å². The van der Waals surface area contributed by atoms with Crippen molar-refractivity contribution in [2.75, 3.05) is 5.32 Å². The summed E-state index contributed by atoms with van der Waals surface area (Å²) in [7, 11) is -4.40. The van der Waals surface area contributed by atoms with Crippen molar-refractivity contribution in [2.45, 2.75) is 33.7 Å². The molecule has 1 aliphatic rings. The van der Waals surface area contributed by atoms with Crippen LogP contribution in [0, 0.1) is 0 Å². The van der Waals surface area contributed by atoms with Crippen LogP contribution in [0.5, 0.6) is 0 Å². The fraction of sp³-hybridized carbons (Fsp3) is 0.267. The van der Waals surface area contributed by atoms with Gasteiger partial charge < -0.3 is 10.4 Å². The Labute approximate surface area is 145 Å². The first-order chi connectivity index (χ1) is 11.5. The molecule has 1 amide bonds. The number of halogens is 3. The van der Waals surface area contributed by atoms with Gasteiger partial charge in [-0.15, -0.1) is 11.3 Å². The Morgan fingerprint density at radius 3 is 2.40 bits per heavy atom. The number of sulfone groups is 1. The molecule has 10 heteroatoms. The second-order valence-electron chi connectivity index (χ2n) is 5.60. The Morgan fingerprint density at radius 1 is 1.16 bits per heavy atom. The standard InChI is InChI=1S/C15H12F3NO4S2/c16-15(17,18)9-3-1-2-4-10(9)25(22,23)12-6-5-11(24-12)19-13(20)14(21)7-8-14/h1-6,21H,7-8H2,(H,19,20). The molecule has 0 atom stereocenters. The highest BCUT2D eigenvalue weighted by Gasteiger charge is 2.48. The van der Waals surface area contributed by atoms with E-state index in [1.54, 1.807) is 0 Å². The number of hydrogen-bond acceptors (Lipinski definition) is 5. The average Bonchev–Trinajstić information content (AvgIpc) is 3.11. The molecule has 25 heavy (non-hydrogen) atoms. The van der Waals surface area contributed by atoms with Gasteiger partial charge in [0.15, 0.2) is 0 Å². The molecule has 0 bridgehead atoms. The molecule has 1 fully saturated rings. The molecule has 1 aliphatic carbocycles. The van der Waals surface area contributed by atoms with Gasteiger partial charge in [0.1, 0.15) is 9.81 Å². The highest BCUT2D eigenvalue weighted by atomic mass is 32.2. The average molecular weight is 391 g/mol. The lowest BCUT2D eigenvalue weighted by Gasteiger charge is -2.12. The fourth-order valence-corrected chi connectivity index (χ4v) is 4.95. The quantitative estimate of drug-likeness (QED) is 0.839. The van der Waals surface area contributed by atoms with Crippen LogP contribution in [-0.2, 0) is 20.8 Å². The van der Waals surface area contributed by atoms with Crippen LogP contribution in [0.1, 0.15) is 18.4 Å². The van der Waals surface area contributed by atoms with E-state index in [1.165, 1.54) is 12.1 Å². The smallest absolute Gasteiger partial charge is 0.380 e. The van der Waals surface area contributed by atoms with Gasteiger partial charge in [-0.25, -0.2) is 8.42 Å². The topological polar surface area (TPSA) is 83.5 Å². The summed E-state index contributed by atoms with van der Waals surface area (Å²) >= 11 is 0.628. The molecule has 5 nitrogen and oxygen atoms in total. The molecule has 1 saturated carbocycles. The molecule has 2 N–H and O–H groups in total. The van der Waals surface area contributed by atoms with Crippen LogP contribution in [0.2, 0.25) is 0 Å². The van der Waals surface area contributed by atoms with E-state index in [1.807, 2.05) is 0 Å². The number of rotatable bonds is 4. The second kappa shape index (κ2) is 5.82. The number of carbonyl (C=O) groups is 1. The Morgan fingerprint density at radius 2 is 1.80 bits per heavy atom. The molecule has 1 heterocycles. The first kappa shape index (κ1) is 17.9. The molecular formula is C15H12F3NO4S2. The van der Waals surface area contributed by atoms with Crippen LogP contribution >= 0.6 is 11.3 Å². The number of nitrogens with one attached hydrogen (secondary N) is 1. The maximum Gasteiger partial charge on any atom is 0.417 e. The molecule has 134 valence electrons. The minimum Gasteiger partial charge on any atom is -0.380 e. The molecule has 2 aromatic rings. The molecule has 0 aliphatic heterocycles. The first-order valence-corrected chi connectivity index (χ1v) is 9.39. The molecule has 0 spiro atoms. The van der Waals surface area contributed by atoms with Gasteiger partial charge in [-0.2, -0.15) is 13.2 Å². The summed E-state index contributed by atoms with van der Waals surface area (Å²) < 4.78 is 64.0. The number of benzene rings is 1. The second-order valence-corrected chi connectivity index (χ2v) is 8.83. The van der Waals surface area contributed by atoms with Crippen molar-refractivity contribution >= 4 is 32.1 Å². The van der Waals surface area contributed by atoms with Crippen LogP contribution in [0.25, 0.3) is 0 Å². The number of hydrogen-bond donors (Lipinski definition) is 2. The van der Waals surface area contributed by atoms with E-state index in [9.17, 15) is 31.5 Å². The zero-order valence-corrected chi connectivity index (χ0v) is 14.1. The molecular weight excluding hydrogens is 379 g/mol. The molecule has 0 unspecified atom stereocenters. The third kappa shape index (κ3) is 3.42. The predicted octanol–water partition coefficient (Wildman–Crippen LogP) is 3.06. The number of thiophene rings is 1. The van der Waals surface area contributed by atoms with E-state index >= 15 is 0 Å². The Hall–Kier alpha value is -1.91. The van der Waals surface area contributed by atoms with Gasteiger partial charge in [0.05, 0.1) is 15.5 Å². The van der Waals surface area contributed by atoms with E-state index in [0.717, 1.165) is 18.2 Å². The van der Waals surface area contributed by atoms with Crippen molar-refractivity contribution in [1.82, 2.24) is 0 Å². The van der Waals surface area contributed by atoms with E-state index < -0.39 is 38.0 Å². The van der Waals surface area contributed by atoms with E-state index in [2.05, 4.69) is 5.32 Å². The van der Waals surface area contributed by atoms with Gasteiger partial charge in [-0.1, -0.05) is 12.1 Å². The van der Waals surface area contributed by atoms with Gasteiger partial charge in [0, 0.05) is 0 Å². The van der Waals surface area contributed by atoms with E-state index in [0.29, 0.717) is 30.2 Å². The lowest BCUT2D eigenvalue weighted by Crippen LogP contribution is -2.28. The van der Waals surface area contributed by atoms with Crippen LogP contribution in [-0.4, -0.2) is 25.0 Å². The zero-order chi connectivity index (χ0) is 18.5. The number of amides is 1. The van der Waals surface area contributed by atoms with Crippen LogP contribution < -0.4 is 5.32 Å². The predicted molar refractivity (Wildman–Crippen MR) is 84.0 cm³/mol. The number of aliphatic hydroxyl groups is 1. The van der Waals surface area contributed by atoms with E-state index in [-0.39, 0.29) is 9.21 Å². The summed E-state index contributed by atoms with van der Waals surface area (Å²) in [5.74, 6) is -0.658. The zero-order valence-electron chi connectivity index (χ0n) is 12.5. The van der Waals surface area contributed by atoms with E-state index in [4.69, 9.17) is 0 Å². The Balaban J connectivity index is 1.93. The molecule has 3 rings (SSSR count). The van der Waals surface area contributed by atoms with Crippen LogP contribution in [0.3, 0.4) is 0 Å². The van der Waals surface area contributed by atoms with Gasteiger partial charge >= 0.3 is 6.18 Å². The number of alkyl halides is 3.